The number of fused-ring (bicyclic) bond motifs is 1. The summed E-state index contributed by atoms with van der Waals surface area (Å²) in [7, 11) is -0.377. The fourth-order valence-electron chi connectivity index (χ4n) is 2.01. The maximum Gasteiger partial charge on any atom is 0.496 e. The van der Waals surface area contributed by atoms with Crippen LogP contribution in [0.2, 0.25) is 5.02 Å². The minimum atomic E-state index is -0.377. The first kappa shape index (κ1) is 15.4. The molecule has 1 unspecified atom stereocenters. The topological polar surface area (TPSA) is 47.1 Å². The van der Waals surface area contributed by atoms with Crippen LogP contribution in [-0.2, 0) is 9.31 Å². The number of hydrogen-bond donors (Lipinski definition) is 1. The largest absolute Gasteiger partial charge is 0.496 e. The molecule has 1 saturated heterocycles. The molecule has 0 spiro atoms. The summed E-state index contributed by atoms with van der Waals surface area (Å²) in [6.07, 6.45) is 3.53. The number of pyridine rings is 1. The Balaban J connectivity index is 0.000000704. The standard InChI is InChI=1S/C12H14BClN2O2.C2H6/c1-7-12(2,3)18-13(17-7)8-4-9-10(14)6-16-11(9)15-5-8;1-2/h4-7H,1-3H3,(H,15,16);1-2H3. The smallest absolute Gasteiger partial charge is 0.402 e. The van der Waals surface area contributed by atoms with Crippen molar-refractivity contribution < 1.29 is 9.31 Å². The second-order valence-electron chi connectivity index (χ2n) is 5.13. The van der Waals surface area contributed by atoms with Gasteiger partial charge in [-0.15, -0.1) is 0 Å². The predicted octanol–water partition coefficient (Wildman–Crippen LogP) is 3.15. The molecule has 0 saturated carbocycles. The third-order valence-corrected chi connectivity index (χ3v) is 3.80. The molecule has 0 aliphatic carbocycles. The summed E-state index contributed by atoms with van der Waals surface area (Å²) in [4.78, 5) is 7.33. The van der Waals surface area contributed by atoms with E-state index < -0.39 is 0 Å². The van der Waals surface area contributed by atoms with E-state index in [1.807, 2.05) is 40.7 Å². The van der Waals surface area contributed by atoms with Crippen LogP contribution in [0.3, 0.4) is 0 Å². The van der Waals surface area contributed by atoms with Gasteiger partial charge >= 0.3 is 7.12 Å². The molecule has 1 atom stereocenters. The van der Waals surface area contributed by atoms with Crippen LogP contribution in [0.15, 0.2) is 18.5 Å². The van der Waals surface area contributed by atoms with Crippen LogP contribution in [0, 0.1) is 0 Å². The van der Waals surface area contributed by atoms with Crippen molar-refractivity contribution in [1.29, 1.82) is 0 Å². The number of hydrogen-bond acceptors (Lipinski definition) is 3. The Kier molecular flexibility index (Phi) is 4.42. The molecule has 1 aliphatic rings. The number of aromatic nitrogens is 2. The Morgan fingerprint density at radius 2 is 2.10 bits per heavy atom. The minimum absolute atomic E-state index is 0.0416. The van der Waals surface area contributed by atoms with E-state index >= 15 is 0 Å². The van der Waals surface area contributed by atoms with Crippen molar-refractivity contribution in [3.05, 3.63) is 23.5 Å². The molecular weight excluding hydrogens is 274 g/mol. The van der Waals surface area contributed by atoms with Gasteiger partial charge < -0.3 is 14.3 Å². The summed E-state index contributed by atoms with van der Waals surface area (Å²) in [5, 5.41) is 1.54. The lowest BCUT2D eigenvalue weighted by atomic mass is 9.80. The van der Waals surface area contributed by atoms with E-state index in [0.717, 1.165) is 16.5 Å². The lowest BCUT2D eigenvalue weighted by Gasteiger charge is -2.21. The van der Waals surface area contributed by atoms with Gasteiger partial charge in [0.1, 0.15) is 5.65 Å². The average molecular weight is 295 g/mol. The van der Waals surface area contributed by atoms with E-state index in [4.69, 9.17) is 20.9 Å². The van der Waals surface area contributed by atoms with Crippen LogP contribution in [0.5, 0.6) is 0 Å². The van der Waals surface area contributed by atoms with Crippen molar-refractivity contribution in [3.8, 4) is 0 Å². The molecule has 4 nitrogen and oxygen atoms in total. The Bertz CT molecular complexity index is 600. The Hall–Kier alpha value is -1.04. The summed E-state index contributed by atoms with van der Waals surface area (Å²) in [6, 6.07) is 1.96. The summed E-state index contributed by atoms with van der Waals surface area (Å²) >= 11 is 6.08. The van der Waals surface area contributed by atoms with E-state index in [1.54, 1.807) is 12.4 Å². The van der Waals surface area contributed by atoms with Gasteiger partial charge in [-0.1, -0.05) is 25.4 Å². The molecule has 20 heavy (non-hydrogen) atoms. The molecule has 0 bridgehead atoms. The average Bonchev–Trinajstić information content (AvgIpc) is 2.93. The van der Waals surface area contributed by atoms with Crippen LogP contribution < -0.4 is 5.46 Å². The van der Waals surface area contributed by atoms with Gasteiger partial charge in [0.05, 0.1) is 16.7 Å². The van der Waals surface area contributed by atoms with E-state index in [-0.39, 0.29) is 18.8 Å². The van der Waals surface area contributed by atoms with Crippen molar-refractivity contribution in [2.75, 3.05) is 0 Å². The fourth-order valence-corrected chi connectivity index (χ4v) is 2.21. The lowest BCUT2D eigenvalue weighted by molar-refractivity contribution is 0.0842. The highest BCUT2D eigenvalue weighted by Crippen LogP contribution is 2.27. The molecule has 2 aromatic rings. The fraction of sp³-hybridized carbons (Fsp3) is 0.500. The molecule has 3 rings (SSSR count). The normalized spacial score (nSPS) is 20.9. The number of H-pyrrole nitrogens is 1. The lowest BCUT2D eigenvalue weighted by Crippen LogP contribution is -2.34. The molecule has 0 amide bonds. The highest BCUT2D eigenvalue weighted by atomic mass is 35.5. The van der Waals surface area contributed by atoms with Crippen LogP contribution in [-0.4, -0.2) is 28.8 Å². The van der Waals surface area contributed by atoms with Gasteiger partial charge in [-0.3, -0.25) is 0 Å². The Labute approximate surface area is 125 Å². The van der Waals surface area contributed by atoms with Crippen molar-refractivity contribution in [3.63, 3.8) is 0 Å². The molecule has 3 heterocycles. The van der Waals surface area contributed by atoms with Crippen molar-refractivity contribution in [1.82, 2.24) is 9.97 Å². The zero-order valence-corrected chi connectivity index (χ0v) is 13.3. The molecule has 6 heteroatoms. The molecule has 108 valence electrons. The van der Waals surface area contributed by atoms with Gasteiger partial charge in [-0.2, -0.15) is 0 Å². The quantitative estimate of drug-likeness (QED) is 0.822. The SMILES string of the molecule is CC.CC1OB(c2cnc3[nH]cc(Cl)c3c2)OC1(C)C. The van der Waals surface area contributed by atoms with E-state index in [0.29, 0.717) is 5.02 Å². The number of rotatable bonds is 1. The number of nitrogens with one attached hydrogen (secondary N) is 1. The highest BCUT2D eigenvalue weighted by molar-refractivity contribution is 6.62. The van der Waals surface area contributed by atoms with Crippen LogP contribution in [0.1, 0.15) is 34.6 Å². The monoisotopic (exact) mass is 294 g/mol. The van der Waals surface area contributed by atoms with Gasteiger partial charge in [-0.25, -0.2) is 4.98 Å². The number of aromatic amines is 1. The van der Waals surface area contributed by atoms with Crippen molar-refractivity contribution in [2.45, 2.75) is 46.3 Å². The van der Waals surface area contributed by atoms with Crippen molar-refractivity contribution >= 4 is 35.2 Å². The first-order chi connectivity index (χ1) is 9.47. The van der Waals surface area contributed by atoms with Crippen molar-refractivity contribution in [2.24, 2.45) is 0 Å². The third kappa shape index (κ3) is 2.71. The molecule has 1 aliphatic heterocycles. The molecule has 0 aromatic carbocycles. The molecule has 0 radical (unpaired) electrons. The molecular formula is C14H20BClN2O2. The highest BCUT2D eigenvalue weighted by Gasteiger charge is 2.44. The number of nitrogens with zero attached hydrogens (tertiary/aromatic N) is 1. The second-order valence-corrected chi connectivity index (χ2v) is 5.54. The van der Waals surface area contributed by atoms with Crippen LogP contribution >= 0.6 is 11.6 Å². The Morgan fingerprint density at radius 3 is 2.70 bits per heavy atom. The first-order valence-corrected chi connectivity index (χ1v) is 7.31. The van der Waals surface area contributed by atoms with E-state index in [9.17, 15) is 0 Å². The number of halogens is 1. The van der Waals surface area contributed by atoms with Crippen LogP contribution in [0.4, 0.5) is 0 Å². The second kappa shape index (κ2) is 5.76. The van der Waals surface area contributed by atoms with E-state index in [2.05, 4.69) is 9.97 Å². The summed E-state index contributed by atoms with van der Waals surface area (Å²) in [5.41, 5.74) is 1.37. The minimum Gasteiger partial charge on any atom is -0.402 e. The Morgan fingerprint density at radius 1 is 1.40 bits per heavy atom. The predicted molar refractivity (Wildman–Crippen MR) is 83.6 cm³/mol. The van der Waals surface area contributed by atoms with Gasteiger partial charge in [-0.05, 0) is 26.8 Å². The molecule has 2 aromatic heterocycles. The zero-order valence-electron chi connectivity index (χ0n) is 12.5. The van der Waals surface area contributed by atoms with Gasteiger partial charge in [0.2, 0.25) is 0 Å². The summed E-state index contributed by atoms with van der Waals surface area (Å²) in [6.45, 7) is 10.1. The van der Waals surface area contributed by atoms with Gasteiger partial charge in [0.25, 0.3) is 0 Å². The maximum atomic E-state index is 6.08. The molecule has 1 fully saturated rings. The maximum absolute atomic E-state index is 6.08. The van der Waals surface area contributed by atoms with Gasteiger partial charge in [0, 0.05) is 23.2 Å². The molecule has 1 N–H and O–H groups in total. The summed E-state index contributed by atoms with van der Waals surface area (Å²) in [5.74, 6) is 0. The van der Waals surface area contributed by atoms with Gasteiger partial charge in [0.15, 0.2) is 0 Å². The summed E-state index contributed by atoms with van der Waals surface area (Å²) < 4.78 is 11.7. The van der Waals surface area contributed by atoms with Crippen LogP contribution in [0.25, 0.3) is 11.0 Å². The van der Waals surface area contributed by atoms with E-state index in [1.165, 1.54) is 0 Å². The zero-order chi connectivity index (χ0) is 14.9. The third-order valence-electron chi connectivity index (χ3n) is 3.49. The first-order valence-electron chi connectivity index (χ1n) is 6.93.